The highest BCUT2D eigenvalue weighted by Crippen LogP contribution is 2.46. The molecule has 1 aliphatic carbocycles. The van der Waals surface area contributed by atoms with E-state index in [2.05, 4.69) is 15.2 Å². The summed E-state index contributed by atoms with van der Waals surface area (Å²) in [6, 6.07) is 4.53. The van der Waals surface area contributed by atoms with Crippen LogP contribution >= 0.6 is 0 Å². The molecule has 2 aromatic rings. The third kappa shape index (κ3) is 8.98. The minimum atomic E-state index is -0.897. The van der Waals surface area contributed by atoms with Crippen molar-refractivity contribution in [2.45, 2.75) is 76.7 Å². The molecule has 2 heterocycles. The Hall–Kier alpha value is -3.54. The molecule has 230 valence electrons. The Balaban J connectivity index is 1.19. The van der Waals surface area contributed by atoms with Gasteiger partial charge in [0.25, 0.3) is 0 Å². The maximum absolute atomic E-state index is 14.6. The van der Waals surface area contributed by atoms with Crippen LogP contribution in [-0.2, 0) is 16.1 Å². The Bertz CT molecular complexity index is 1250. The minimum absolute atomic E-state index is 0.139. The lowest BCUT2D eigenvalue weighted by molar-refractivity contribution is 0.0284. The van der Waals surface area contributed by atoms with Gasteiger partial charge in [0, 0.05) is 62.0 Å². The second-order valence-electron chi connectivity index (χ2n) is 11.8. The number of rotatable bonds is 10. The average molecular weight is 593 g/mol. The van der Waals surface area contributed by atoms with E-state index < -0.39 is 29.3 Å². The summed E-state index contributed by atoms with van der Waals surface area (Å²) in [5.74, 6) is -2.93. The van der Waals surface area contributed by atoms with Crippen LogP contribution in [0.15, 0.2) is 30.5 Å². The SMILES string of the molecule is CN(CCCN1CCC(OC(=O)N[C@@H]2C[C@H]2c2cc(F)cc(F)c2OCc2cccnc2F)CC1)C(=O)OC(C)(C)C. The van der Waals surface area contributed by atoms with Gasteiger partial charge >= 0.3 is 12.2 Å². The molecule has 0 radical (unpaired) electrons. The highest BCUT2D eigenvalue weighted by molar-refractivity contribution is 5.69. The Morgan fingerprint density at radius 1 is 1.17 bits per heavy atom. The number of amides is 2. The van der Waals surface area contributed by atoms with Gasteiger partial charge in [0.05, 0.1) is 0 Å². The zero-order valence-corrected chi connectivity index (χ0v) is 24.5. The van der Waals surface area contributed by atoms with Gasteiger partial charge in [-0.25, -0.2) is 23.4 Å². The third-order valence-electron chi connectivity index (χ3n) is 7.22. The number of piperidine rings is 1. The lowest BCUT2D eigenvalue weighted by Gasteiger charge is -2.32. The summed E-state index contributed by atoms with van der Waals surface area (Å²) < 4.78 is 59.1. The summed E-state index contributed by atoms with van der Waals surface area (Å²) in [4.78, 5) is 32.1. The van der Waals surface area contributed by atoms with E-state index in [-0.39, 0.29) is 47.6 Å². The van der Waals surface area contributed by atoms with Crippen molar-refractivity contribution in [3.05, 3.63) is 59.2 Å². The van der Waals surface area contributed by atoms with Crippen LogP contribution in [0.2, 0.25) is 0 Å². The molecule has 0 unspecified atom stereocenters. The van der Waals surface area contributed by atoms with Gasteiger partial charge in [-0.1, -0.05) is 0 Å². The quantitative estimate of drug-likeness (QED) is 0.370. The lowest BCUT2D eigenvalue weighted by atomic mass is 10.1. The molecule has 1 saturated heterocycles. The predicted octanol–water partition coefficient (Wildman–Crippen LogP) is 5.38. The van der Waals surface area contributed by atoms with Crippen LogP contribution in [0, 0.1) is 17.6 Å². The van der Waals surface area contributed by atoms with Gasteiger partial charge in [-0.15, -0.1) is 0 Å². The van der Waals surface area contributed by atoms with E-state index in [1.165, 1.54) is 24.4 Å². The molecule has 1 N–H and O–H groups in total. The van der Waals surface area contributed by atoms with Crippen molar-refractivity contribution in [2.75, 3.05) is 33.2 Å². The lowest BCUT2D eigenvalue weighted by Crippen LogP contribution is -2.41. The number of halogens is 3. The second kappa shape index (κ2) is 13.6. The molecule has 1 saturated carbocycles. The molecular weight excluding hydrogens is 553 g/mol. The molecule has 1 aromatic heterocycles. The number of carbonyl (C=O) groups excluding carboxylic acids is 2. The van der Waals surface area contributed by atoms with Crippen molar-refractivity contribution in [2.24, 2.45) is 0 Å². The Labute approximate surface area is 244 Å². The summed E-state index contributed by atoms with van der Waals surface area (Å²) in [6.45, 7) is 8.16. The standard InChI is InChI=1S/C30H39F3N4O5/c1-30(2,3)42-29(39)36(4)11-6-12-37-13-8-21(9-14-37)41-28(38)35-25-17-22(25)23-15-20(31)16-24(32)26(23)40-18-19-7-5-10-34-27(19)33/h5,7,10,15-16,21-22,25H,6,8-9,11-14,17-18H2,1-4H3,(H,35,38)/t22-,25+/m0/s1. The van der Waals surface area contributed by atoms with Crippen molar-refractivity contribution in [1.82, 2.24) is 20.1 Å². The van der Waals surface area contributed by atoms with Gasteiger partial charge in [0.1, 0.15) is 24.1 Å². The van der Waals surface area contributed by atoms with Gasteiger partial charge in [0.15, 0.2) is 11.6 Å². The highest BCUT2D eigenvalue weighted by atomic mass is 19.1. The maximum Gasteiger partial charge on any atom is 0.410 e. The van der Waals surface area contributed by atoms with Gasteiger partial charge in [-0.2, -0.15) is 4.39 Å². The molecule has 12 heteroatoms. The zero-order valence-electron chi connectivity index (χ0n) is 24.5. The number of ether oxygens (including phenoxy) is 3. The number of hydrogen-bond acceptors (Lipinski definition) is 7. The van der Waals surface area contributed by atoms with Crippen molar-refractivity contribution in [1.29, 1.82) is 0 Å². The monoisotopic (exact) mass is 592 g/mol. The molecule has 2 aliphatic rings. The molecule has 0 bridgehead atoms. The van der Waals surface area contributed by atoms with E-state index in [9.17, 15) is 22.8 Å². The topological polar surface area (TPSA) is 93.2 Å². The molecular formula is C30H39F3N4O5. The van der Waals surface area contributed by atoms with Crippen LogP contribution in [0.3, 0.4) is 0 Å². The van der Waals surface area contributed by atoms with E-state index in [1.54, 1.807) is 11.9 Å². The fraction of sp³-hybridized carbons (Fsp3) is 0.567. The smallest absolute Gasteiger partial charge is 0.410 e. The number of hydrogen-bond donors (Lipinski definition) is 1. The molecule has 0 spiro atoms. The van der Waals surface area contributed by atoms with Gasteiger partial charge in [0.2, 0.25) is 5.95 Å². The molecule has 1 aromatic carbocycles. The van der Waals surface area contributed by atoms with Crippen LogP contribution in [0.1, 0.15) is 63.5 Å². The average Bonchev–Trinajstić information content (AvgIpc) is 3.67. The maximum atomic E-state index is 14.6. The number of alkyl carbamates (subject to hydrolysis) is 1. The number of aromatic nitrogens is 1. The van der Waals surface area contributed by atoms with Crippen molar-refractivity contribution < 1.29 is 37.0 Å². The van der Waals surface area contributed by atoms with E-state index in [0.717, 1.165) is 26.1 Å². The summed E-state index contributed by atoms with van der Waals surface area (Å²) >= 11 is 0. The van der Waals surface area contributed by atoms with Gasteiger partial charge in [-0.3, -0.25) is 0 Å². The summed E-state index contributed by atoms with van der Waals surface area (Å²) in [6.07, 6.45) is 2.77. The molecule has 2 amide bonds. The number of benzene rings is 1. The van der Waals surface area contributed by atoms with Crippen molar-refractivity contribution >= 4 is 12.2 Å². The fourth-order valence-electron chi connectivity index (χ4n) is 4.93. The number of carbonyl (C=O) groups is 2. The van der Waals surface area contributed by atoms with E-state index in [4.69, 9.17) is 14.2 Å². The number of nitrogens with zero attached hydrogens (tertiary/aromatic N) is 3. The fourth-order valence-corrected chi connectivity index (χ4v) is 4.93. The number of nitrogens with one attached hydrogen (secondary N) is 1. The molecule has 1 aliphatic heterocycles. The molecule has 4 rings (SSSR count). The largest absolute Gasteiger partial charge is 0.485 e. The first-order valence-electron chi connectivity index (χ1n) is 14.2. The Kier molecular flexibility index (Phi) is 10.2. The molecule has 2 fully saturated rings. The first kappa shape index (κ1) is 31.4. The van der Waals surface area contributed by atoms with Crippen molar-refractivity contribution in [3.63, 3.8) is 0 Å². The first-order chi connectivity index (χ1) is 19.9. The Morgan fingerprint density at radius 3 is 2.60 bits per heavy atom. The van der Waals surface area contributed by atoms with E-state index in [0.29, 0.717) is 31.9 Å². The first-order valence-corrected chi connectivity index (χ1v) is 14.2. The molecule has 42 heavy (non-hydrogen) atoms. The van der Waals surface area contributed by atoms with Crippen LogP contribution in [-0.4, -0.2) is 77.9 Å². The van der Waals surface area contributed by atoms with Crippen LogP contribution < -0.4 is 10.1 Å². The third-order valence-corrected chi connectivity index (χ3v) is 7.22. The summed E-state index contributed by atoms with van der Waals surface area (Å²) in [5.41, 5.74) is -0.120. The van der Waals surface area contributed by atoms with E-state index >= 15 is 0 Å². The highest BCUT2D eigenvalue weighted by Gasteiger charge is 2.43. The molecule has 9 nitrogen and oxygen atoms in total. The number of likely N-dealkylation sites (tertiary alicyclic amines) is 1. The normalized spacial score (nSPS) is 19.2. The summed E-state index contributed by atoms with van der Waals surface area (Å²) in [5, 5.41) is 2.79. The van der Waals surface area contributed by atoms with Crippen LogP contribution in [0.5, 0.6) is 5.75 Å². The zero-order chi connectivity index (χ0) is 30.4. The van der Waals surface area contributed by atoms with E-state index in [1.807, 2.05) is 20.8 Å². The van der Waals surface area contributed by atoms with Gasteiger partial charge in [-0.05, 0) is 71.2 Å². The summed E-state index contributed by atoms with van der Waals surface area (Å²) in [7, 11) is 1.72. The minimum Gasteiger partial charge on any atom is -0.485 e. The number of pyridine rings is 1. The predicted molar refractivity (Wildman–Crippen MR) is 149 cm³/mol. The van der Waals surface area contributed by atoms with Crippen molar-refractivity contribution in [3.8, 4) is 5.75 Å². The van der Waals surface area contributed by atoms with Crippen LogP contribution in [0.25, 0.3) is 0 Å². The molecule has 2 atom stereocenters. The van der Waals surface area contributed by atoms with Gasteiger partial charge < -0.3 is 29.3 Å². The van der Waals surface area contributed by atoms with Crippen LogP contribution in [0.4, 0.5) is 22.8 Å². The Morgan fingerprint density at radius 2 is 1.90 bits per heavy atom. The second-order valence-corrected chi connectivity index (χ2v) is 11.8.